The van der Waals surface area contributed by atoms with Gasteiger partial charge in [-0.2, -0.15) is 4.31 Å². The molecule has 1 aliphatic heterocycles. The standard InChI is InChI=1S/C18H28N6O2S2.HI/c1-15-6-9-23(13-16(15)24-11-7-20-14-24)18(19-2)21-8-10-22(3)28(25,26)17-5-4-12-27-17;/h4-5,7,11-12,14-16H,6,8-10,13H2,1-3H3,(H,19,21);1H. The third kappa shape index (κ3) is 5.70. The molecule has 29 heavy (non-hydrogen) atoms. The molecule has 0 saturated carbocycles. The van der Waals surface area contributed by atoms with Gasteiger partial charge in [0.05, 0.1) is 12.4 Å². The van der Waals surface area contributed by atoms with E-state index in [1.807, 2.05) is 18.7 Å². The summed E-state index contributed by atoms with van der Waals surface area (Å²) in [7, 11) is -0.0519. The Morgan fingerprint density at radius 3 is 2.90 bits per heavy atom. The van der Waals surface area contributed by atoms with E-state index in [1.165, 1.54) is 15.6 Å². The van der Waals surface area contributed by atoms with E-state index in [0.717, 1.165) is 25.5 Å². The Morgan fingerprint density at radius 2 is 2.28 bits per heavy atom. The van der Waals surface area contributed by atoms with Gasteiger partial charge in [-0.25, -0.2) is 13.4 Å². The first kappa shape index (κ1) is 24.1. The fourth-order valence-corrected chi connectivity index (χ4v) is 5.81. The van der Waals surface area contributed by atoms with Crippen molar-refractivity contribution in [2.24, 2.45) is 10.9 Å². The lowest BCUT2D eigenvalue weighted by molar-refractivity contribution is 0.189. The number of rotatable bonds is 6. The quantitative estimate of drug-likeness (QED) is 0.338. The number of nitrogens with one attached hydrogen (secondary N) is 1. The number of halogens is 1. The average Bonchev–Trinajstić information content (AvgIpc) is 3.39. The van der Waals surface area contributed by atoms with Crippen LogP contribution in [0.5, 0.6) is 0 Å². The smallest absolute Gasteiger partial charge is 0.252 e. The van der Waals surface area contributed by atoms with Crippen LogP contribution in [0.3, 0.4) is 0 Å². The highest BCUT2D eigenvalue weighted by Crippen LogP contribution is 2.27. The number of aliphatic imine (C=N–C) groups is 1. The first-order chi connectivity index (χ1) is 13.4. The number of piperidine rings is 1. The van der Waals surface area contributed by atoms with Crippen LogP contribution in [0.1, 0.15) is 19.4 Å². The number of aromatic nitrogens is 2. The van der Waals surface area contributed by atoms with Crippen molar-refractivity contribution in [2.45, 2.75) is 23.6 Å². The van der Waals surface area contributed by atoms with E-state index in [0.29, 0.717) is 29.3 Å². The van der Waals surface area contributed by atoms with Crippen molar-refractivity contribution in [3.63, 3.8) is 0 Å². The van der Waals surface area contributed by atoms with Crippen molar-refractivity contribution in [2.75, 3.05) is 40.3 Å². The second-order valence-corrected chi connectivity index (χ2v) is 10.2. The summed E-state index contributed by atoms with van der Waals surface area (Å²) in [6.07, 6.45) is 6.75. The molecular formula is C18H29IN6O2S2. The summed E-state index contributed by atoms with van der Waals surface area (Å²) < 4.78 is 28.9. The monoisotopic (exact) mass is 552 g/mol. The zero-order valence-electron chi connectivity index (χ0n) is 16.9. The minimum Gasteiger partial charge on any atom is -0.355 e. The normalized spacial score (nSPS) is 20.6. The van der Waals surface area contributed by atoms with Gasteiger partial charge in [0.1, 0.15) is 4.21 Å². The summed E-state index contributed by atoms with van der Waals surface area (Å²) in [6.45, 7) is 4.91. The van der Waals surface area contributed by atoms with Crippen molar-refractivity contribution in [1.82, 2.24) is 24.1 Å². The Labute approximate surface area is 194 Å². The third-order valence-electron chi connectivity index (χ3n) is 5.21. The topological polar surface area (TPSA) is 82.8 Å². The van der Waals surface area contributed by atoms with E-state index in [-0.39, 0.29) is 24.0 Å². The average molecular weight is 553 g/mol. The van der Waals surface area contributed by atoms with E-state index in [9.17, 15) is 8.42 Å². The number of nitrogens with zero attached hydrogens (tertiary/aromatic N) is 5. The molecule has 11 heteroatoms. The molecule has 0 bridgehead atoms. The number of sulfonamides is 1. The third-order valence-corrected chi connectivity index (χ3v) is 8.44. The van der Waals surface area contributed by atoms with Gasteiger partial charge in [-0.15, -0.1) is 35.3 Å². The van der Waals surface area contributed by atoms with Crippen LogP contribution in [-0.4, -0.2) is 73.4 Å². The van der Waals surface area contributed by atoms with Crippen LogP contribution in [0.15, 0.2) is 45.4 Å². The van der Waals surface area contributed by atoms with E-state index in [2.05, 4.69) is 31.7 Å². The molecule has 8 nitrogen and oxygen atoms in total. The maximum absolute atomic E-state index is 12.5. The van der Waals surface area contributed by atoms with Gasteiger partial charge >= 0.3 is 0 Å². The maximum Gasteiger partial charge on any atom is 0.252 e. The number of thiophene rings is 1. The number of guanidine groups is 1. The molecule has 0 spiro atoms. The number of likely N-dealkylation sites (N-methyl/N-ethyl adjacent to an activating group) is 1. The van der Waals surface area contributed by atoms with Crippen LogP contribution in [0.2, 0.25) is 0 Å². The van der Waals surface area contributed by atoms with Gasteiger partial charge in [0.2, 0.25) is 0 Å². The molecule has 1 N–H and O–H groups in total. The van der Waals surface area contributed by atoms with Crippen LogP contribution in [0.4, 0.5) is 0 Å². The highest BCUT2D eigenvalue weighted by molar-refractivity contribution is 14.0. The molecule has 0 aromatic carbocycles. The van der Waals surface area contributed by atoms with Crippen LogP contribution >= 0.6 is 35.3 Å². The largest absolute Gasteiger partial charge is 0.355 e. The summed E-state index contributed by atoms with van der Waals surface area (Å²) in [4.78, 5) is 10.8. The van der Waals surface area contributed by atoms with Gasteiger partial charge in [0, 0.05) is 52.7 Å². The van der Waals surface area contributed by atoms with Crippen LogP contribution in [-0.2, 0) is 10.0 Å². The second kappa shape index (κ2) is 10.7. The second-order valence-electron chi connectivity index (χ2n) is 7.02. The summed E-state index contributed by atoms with van der Waals surface area (Å²) in [5, 5.41) is 5.09. The van der Waals surface area contributed by atoms with Crippen molar-refractivity contribution in [1.29, 1.82) is 0 Å². The van der Waals surface area contributed by atoms with Crippen molar-refractivity contribution in [3.05, 3.63) is 36.2 Å². The highest BCUT2D eigenvalue weighted by Gasteiger charge is 2.29. The molecule has 0 aliphatic carbocycles. The molecule has 0 amide bonds. The Bertz CT molecular complexity index is 870. The van der Waals surface area contributed by atoms with Crippen LogP contribution < -0.4 is 5.32 Å². The molecule has 2 aromatic heterocycles. The molecule has 162 valence electrons. The Balaban J connectivity index is 0.00000300. The van der Waals surface area contributed by atoms with Gasteiger partial charge in [0.15, 0.2) is 5.96 Å². The maximum atomic E-state index is 12.5. The first-order valence-electron chi connectivity index (χ1n) is 9.36. The Kier molecular flexibility index (Phi) is 8.91. The number of hydrogen-bond donors (Lipinski definition) is 1. The molecule has 1 aliphatic rings. The number of hydrogen-bond acceptors (Lipinski definition) is 5. The number of imidazole rings is 1. The first-order valence-corrected chi connectivity index (χ1v) is 11.7. The minimum atomic E-state index is -3.42. The molecule has 0 radical (unpaired) electrons. The molecule has 2 atom stereocenters. The lowest BCUT2D eigenvalue weighted by Crippen LogP contribution is -2.50. The summed E-state index contributed by atoms with van der Waals surface area (Å²) in [5.41, 5.74) is 0. The fourth-order valence-electron chi connectivity index (χ4n) is 3.44. The lowest BCUT2D eigenvalue weighted by atomic mass is 9.93. The van der Waals surface area contributed by atoms with E-state index in [1.54, 1.807) is 31.6 Å². The highest BCUT2D eigenvalue weighted by atomic mass is 127. The predicted octanol–water partition coefficient (Wildman–Crippen LogP) is 2.34. The van der Waals surface area contributed by atoms with E-state index < -0.39 is 10.0 Å². The Morgan fingerprint density at radius 1 is 1.48 bits per heavy atom. The predicted molar refractivity (Wildman–Crippen MR) is 128 cm³/mol. The number of likely N-dealkylation sites (tertiary alicyclic amines) is 1. The molecule has 1 saturated heterocycles. The van der Waals surface area contributed by atoms with E-state index >= 15 is 0 Å². The van der Waals surface area contributed by atoms with Gasteiger partial charge in [-0.05, 0) is 23.8 Å². The molecular weight excluding hydrogens is 523 g/mol. The Hall–Kier alpha value is -1.18. The SMILES string of the molecule is CN=C(NCCN(C)S(=O)(=O)c1cccs1)N1CCC(C)C(n2ccnc2)C1.I. The van der Waals surface area contributed by atoms with Crippen molar-refractivity contribution in [3.8, 4) is 0 Å². The summed E-state index contributed by atoms with van der Waals surface area (Å²) >= 11 is 1.23. The van der Waals surface area contributed by atoms with Gasteiger partial charge < -0.3 is 14.8 Å². The van der Waals surface area contributed by atoms with Crippen LogP contribution in [0, 0.1) is 5.92 Å². The van der Waals surface area contributed by atoms with Gasteiger partial charge in [0.25, 0.3) is 10.0 Å². The summed E-state index contributed by atoms with van der Waals surface area (Å²) in [6, 6.07) is 3.73. The lowest BCUT2D eigenvalue weighted by Gasteiger charge is -2.39. The summed E-state index contributed by atoms with van der Waals surface area (Å²) in [5.74, 6) is 1.37. The molecule has 1 fully saturated rings. The molecule has 2 unspecified atom stereocenters. The fraction of sp³-hybridized carbons (Fsp3) is 0.556. The zero-order valence-corrected chi connectivity index (χ0v) is 20.9. The van der Waals surface area contributed by atoms with E-state index in [4.69, 9.17) is 0 Å². The zero-order chi connectivity index (χ0) is 20.1. The molecule has 2 aromatic rings. The van der Waals surface area contributed by atoms with Gasteiger partial charge in [-0.1, -0.05) is 13.0 Å². The minimum absolute atomic E-state index is 0. The van der Waals surface area contributed by atoms with Crippen LogP contribution in [0.25, 0.3) is 0 Å². The van der Waals surface area contributed by atoms with Gasteiger partial charge in [-0.3, -0.25) is 4.99 Å². The van der Waals surface area contributed by atoms with Crippen molar-refractivity contribution >= 4 is 51.3 Å². The molecule has 3 rings (SSSR count). The molecule has 3 heterocycles. The van der Waals surface area contributed by atoms with Crippen molar-refractivity contribution < 1.29 is 8.42 Å².